The van der Waals surface area contributed by atoms with Crippen LogP contribution >= 0.6 is 0 Å². The zero-order valence-electron chi connectivity index (χ0n) is 14.5. The van der Waals surface area contributed by atoms with Gasteiger partial charge in [0.2, 0.25) is 0 Å². The molecule has 5 nitrogen and oxygen atoms in total. The summed E-state index contributed by atoms with van der Waals surface area (Å²) in [5, 5.41) is 2.60. The second-order valence-corrected chi connectivity index (χ2v) is 5.59. The normalized spacial score (nSPS) is 11.4. The van der Waals surface area contributed by atoms with Gasteiger partial charge in [-0.25, -0.2) is 4.79 Å². The van der Waals surface area contributed by atoms with Crippen molar-refractivity contribution in [3.63, 3.8) is 0 Å². The third-order valence-electron chi connectivity index (χ3n) is 3.58. The molecular formula is C20H23NO4. The van der Waals surface area contributed by atoms with Crippen molar-refractivity contribution >= 4 is 11.9 Å². The minimum atomic E-state index is -0.837. The van der Waals surface area contributed by atoms with Gasteiger partial charge in [0.15, 0.2) is 12.7 Å². The number of hydrogen-bond donors (Lipinski definition) is 1. The molecule has 0 bridgehead atoms. The number of amides is 1. The topological polar surface area (TPSA) is 64.6 Å². The Morgan fingerprint density at radius 2 is 1.72 bits per heavy atom. The molecular weight excluding hydrogens is 318 g/mol. The van der Waals surface area contributed by atoms with E-state index in [4.69, 9.17) is 9.47 Å². The third-order valence-corrected chi connectivity index (χ3v) is 3.58. The maximum absolute atomic E-state index is 11.9. The molecule has 1 atom stereocenters. The van der Waals surface area contributed by atoms with E-state index in [1.807, 2.05) is 54.6 Å². The van der Waals surface area contributed by atoms with Crippen molar-refractivity contribution in [2.75, 3.05) is 13.2 Å². The van der Waals surface area contributed by atoms with Gasteiger partial charge in [0.1, 0.15) is 5.75 Å². The second kappa shape index (κ2) is 9.47. The second-order valence-electron chi connectivity index (χ2n) is 5.59. The molecule has 1 amide bonds. The Hall–Kier alpha value is -2.82. The van der Waals surface area contributed by atoms with E-state index in [0.717, 1.165) is 11.1 Å². The van der Waals surface area contributed by atoms with Crippen molar-refractivity contribution in [1.82, 2.24) is 5.32 Å². The summed E-state index contributed by atoms with van der Waals surface area (Å²) >= 11 is 0. The highest BCUT2D eigenvalue weighted by molar-refractivity contribution is 5.83. The Balaban J connectivity index is 1.92. The Morgan fingerprint density at radius 1 is 1.04 bits per heavy atom. The van der Waals surface area contributed by atoms with Crippen LogP contribution in [0.5, 0.6) is 5.75 Å². The molecule has 0 saturated heterocycles. The van der Waals surface area contributed by atoms with Gasteiger partial charge in [-0.15, -0.1) is 0 Å². The van der Waals surface area contributed by atoms with Gasteiger partial charge in [0.05, 0.1) is 0 Å². The first-order chi connectivity index (χ1) is 12.1. The highest BCUT2D eigenvalue weighted by Crippen LogP contribution is 2.21. The number of rotatable bonds is 8. The lowest BCUT2D eigenvalue weighted by Crippen LogP contribution is -2.36. The van der Waals surface area contributed by atoms with Gasteiger partial charge in [-0.05, 0) is 31.0 Å². The summed E-state index contributed by atoms with van der Waals surface area (Å²) in [5.41, 5.74) is 2.14. The molecule has 2 aromatic rings. The molecule has 0 aromatic heterocycles. The Bertz CT molecular complexity index is 700. The SMILES string of the molecule is CCNC(=O)[C@@H](C)OC(=O)COc1ccccc1Cc1ccccc1. The standard InChI is InChI=1S/C20H23NO4/c1-3-21-20(23)15(2)25-19(22)14-24-18-12-8-7-11-17(18)13-16-9-5-4-6-10-16/h4-12,15H,3,13-14H2,1-2H3,(H,21,23)/t15-/m1/s1. The van der Waals surface area contributed by atoms with Crippen LogP contribution in [0.25, 0.3) is 0 Å². The molecule has 0 aliphatic rings. The van der Waals surface area contributed by atoms with Gasteiger partial charge in [0.25, 0.3) is 5.91 Å². The van der Waals surface area contributed by atoms with E-state index in [0.29, 0.717) is 18.7 Å². The van der Waals surface area contributed by atoms with E-state index < -0.39 is 12.1 Å². The van der Waals surface area contributed by atoms with Gasteiger partial charge in [-0.1, -0.05) is 48.5 Å². The van der Waals surface area contributed by atoms with Gasteiger partial charge >= 0.3 is 5.97 Å². The minimum absolute atomic E-state index is 0.241. The zero-order chi connectivity index (χ0) is 18.1. The van der Waals surface area contributed by atoms with Gasteiger partial charge in [-0.2, -0.15) is 0 Å². The lowest BCUT2D eigenvalue weighted by atomic mass is 10.0. The number of ether oxygens (including phenoxy) is 2. The number of esters is 1. The average Bonchev–Trinajstić information content (AvgIpc) is 2.62. The van der Waals surface area contributed by atoms with Crippen molar-refractivity contribution in [2.45, 2.75) is 26.4 Å². The number of para-hydroxylation sites is 1. The summed E-state index contributed by atoms with van der Waals surface area (Å²) < 4.78 is 10.7. The highest BCUT2D eigenvalue weighted by Gasteiger charge is 2.17. The summed E-state index contributed by atoms with van der Waals surface area (Å²) in [6, 6.07) is 17.6. The summed E-state index contributed by atoms with van der Waals surface area (Å²) in [5.74, 6) is -0.262. The van der Waals surface area contributed by atoms with Crippen molar-refractivity contribution in [2.24, 2.45) is 0 Å². The largest absolute Gasteiger partial charge is 0.482 e. The van der Waals surface area contributed by atoms with Crippen molar-refractivity contribution < 1.29 is 19.1 Å². The summed E-state index contributed by atoms with van der Waals surface area (Å²) in [6.45, 7) is 3.59. The number of hydrogen-bond acceptors (Lipinski definition) is 4. The molecule has 5 heteroatoms. The Labute approximate surface area is 148 Å². The Kier molecular flexibility index (Phi) is 7.01. The van der Waals surface area contributed by atoms with Crippen LogP contribution in [0.2, 0.25) is 0 Å². The van der Waals surface area contributed by atoms with E-state index in [1.54, 1.807) is 6.92 Å². The van der Waals surface area contributed by atoms with Gasteiger partial charge < -0.3 is 14.8 Å². The van der Waals surface area contributed by atoms with E-state index in [9.17, 15) is 9.59 Å². The predicted octanol–water partition coefficient (Wildman–Crippen LogP) is 2.72. The van der Waals surface area contributed by atoms with Crippen LogP contribution in [0.4, 0.5) is 0 Å². The van der Waals surface area contributed by atoms with Crippen LogP contribution in [0, 0.1) is 0 Å². The summed E-state index contributed by atoms with van der Waals surface area (Å²) in [6.07, 6.45) is -0.128. The maximum Gasteiger partial charge on any atom is 0.344 e. The number of likely N-dealkylation sites (N-methyl/N-ethyl adjacent to an activating group) is 1. The molecule has 0 heterocycles. The summed E-state index contributed by atoms with van der Waals surface area (Å²) in [7, 11) is 0. The molecule has 0 aliphatic heterocycles. The summed E-state index contributed by atoms with van der Waals surface area (Å²) in [4.78, 5) is 23.5. The van der Waals surface area contributed by atoms with Gasteiger partial charge in [0, 0.05) is 13.0 Å². The number of benzene rings is 2. The van der Waals surface area contributed by atoms with Crippen LogP contribution in [0.1, 0.15) is 25.0 Å². The number of carbonyl (C=O) groups is 2. The average molecular weight is 341 g/mol. The third kappa shape index (κ3) is 5.95. The van der Waals surface area contributed by atoms with Crippen LogP contribution in [-0.2, 0) is 20.7 Å². The molecule has 1 N–H and O–H groups in total. The molecule has 0 fully saturated rings. The van der Waals surface area contributed by atoms with E-state index in [1.165, 1.54) is 6.92 Å². The van der Waals surface area contributed by atoms with E-state index >= 15 is 0 Å². The first-order valence-corrected chi connectivity index (χ1v) is 8.32. The lowest BCUT2D eigenvalue weighted by molar-refractivity contribution is -0.156. The maximum atomic E-state index is 11.9. The smallest absolute Gasteiger partial charge is 0.344 e. The van der Waals surface area contributed by atoms with Crippen LogP contribution in [-0.4, -0.2) is 31.1 Å². The molecule has 2 aromatic carbocycles. The number of nitrogens with one attached hydrogen (secondary N) is 1. The molecule has 132 valence electrons. The highest BCUT2D eigenvalue weighted by atomic mass is 16.6. The monoisotopic (exact) mass is 341 g/mol. The predicted molar refractivity (Wildman–Crippen MR) is 95.4 cm³/mol. The van der Waals surface area contributed by atoms with Crippen molar-refractivity contribution in [3.05, 3.63) is 65.7 Å². The lowest BCUT2D eigenvalue weighted by Gasteiger charge is -2.14. The first kappa shape index (κ1) is 18.5. The van der Waals surface area contributed by atoms with Crippen LogP contribution in [0.3, 0.4) is 0 Å². The molecule has 0 aliphatic carbocycles. The van der Waals surface area contributed by atoms with Crippen molar-refractivity contribution in [3.8, 4) is 5.75 Å². The molecule has 25 heavy (non-hydrogen) atoms. The van der Waals surface area contributed by atoms with Crippen molar-refractivity contribution in [1.29, 1.82) is 0 Å². The number of carbonyl (C=O) groups excluding carboxylic acids is 2. The first-order valence-electron chi connectivity index (χ1n) is 8.32. The molecule has 0 spiro atoms. The van der Waals surface area contributed by atoms with Crippen LogP contribution in [0.15, 0.2) is 54.6 Å². The van der Waals surface area contributed by atoms with E-state index in [-0.39, 0.29) is 12.5 Å². The zero-order valence-corrected chi connectivity index (χ0v) is 14.5. The molecule has 2 rings (SSSR count). The fourth-order valence-corrected chi connectivity index (χ4v) is 2.35. The van der Waals surface area contributed by atoms with Gasteiger partial charge in [-0.3, -0.25) is 4.79 Å². The fourth-order valence-electron chi connectivity index (χ4n) is 2.35. The molecule has 0 saturated carbocycles. The Morgan fingerprint density at radius 3 is 2.44 bits per heavy atom. The molecule has 0 unspecified atom stereocenters. The quantitative estimate of drug-likeness (QED) is 0.750. The van der Waals surface area contributed by atoms with Crippen LogP contribution < -0.4 is 10.1 Å². The minimum Gasteiger partial charge on any atom is -0.482 e. The van der Waals surface area contributed by atoms with E-state index in [2.05, 4.69) is 5.32 Å². The molecule has 0 radical (unpaired) electrons. The fraction of sp³-hybridized carbons (Fsp3) is 0.300.